The number of halogens is 1. The summed E-state index contributed by atoms with van der Waals surface area (Å²) in [5, 5.41) is 0. The van der Waals surface area contributed by atoms with Crippen LogP contribution in [0.15, 0.2) is 59.5 Å². The largest absolute Gasteiger partial charge is 0.342 e. The first kappa shape index (κ1) is 17.9. The van der Waals surface area contributed by atoms with Crippen LogP contribution in [0.2, 0.25) is 0 Å². The van der Waals surface area contributed by atoms with Crippen molar-refractivity contribution < 1.29 is 17.9 Å². The highest BCUT2D eigenvalue weighted by molar-refractivity contribution is 7.89. The summed E-state index contributed by atoms with van der Waals surface area (Å²) in [5.74, 6) is -0.705. The normalized spacial score (nSPS) is 22.2. The van der Waals surface area contributed by atoms with Crippen molar-refractivity contribution in [2.24, 2.45) is 0 Å². The van der Waals surface area contributed by atoms with Crippen LogP contribution in [0, 0.1) is 0 Å². The predicted molar refractivity (Wildman–Crippen MR) is 98.4 cm³/mol. The highest BCUT2D eigenvalue weighted by Crippen LogP contribution is 2.45. The van der Waals surface area contributed by atoms with Gasteiger partial charge in [0.05, 0.1) is 30.7 Å². The summed E-state index contributed by atoms with van der Waals surface area (Å²) in [5.41, 5.74) is 1.48. The van der Waals surface area contributed by atoms with Crippen molar-refractivity contribution in [2.75, 3.05) is 25.6 Å². The number of nitrogens with zero attached hydrogens (tertiary/aromatic N) is 1. The Morgan fingerprint density at radius 1 is 1.04 bits per heavy atom. The molecule has 0 aromatic heterocycles. The number of ether oxygens (including phenoxy) is 2. The van der Waals surface area contributed by atoms with Gasteiger partial charge in [0.2, 0.25) is 15.8 Å². The molecule has 7 heteroatoms. The number of benzene rings is 2. The minimum Gasteiger partial charge on any atom is -0.342 e. The van der Waals surface area contributed by atoms with Crippen LogP contribution in [0.3, 0.4) is 0 Å². The van der Waals surface area contributed by atoms with Crippen molar-refractivity contribution in [3.63, 3.8) is 0 Å². The lowest BCUT2D eigenvalue weighted by Crippen LogP contribution is -2.51. The number of sulfonamides is 1. The van der Waals surface area contributed by atoms with Gasteiger partial charge in [0.1, 0.15) is 0 Å². The molecule has 0 radical (unpaired) electrons. The number of hydrogen-bond donors (Lipinski definition) is 0. The van der Waals surface area contributed by atoms with Gasteiger partial charge in [0, 0.05) is 11.4 Å². The van der Waals surface area contributed by atoms with Gasteiger partial charge < -0.3 is 9.47 Å². The number of fused-ring (bicyclic) bond motifs is 2. The second-order valence-electron chi connectivity index (χ2n) is 6.40. The molecule has 1 fully saturated rings. The summed E-state index contributed by atoms with van der Waals surface area (Å²) in [6.07, 6.45) is 0.503. The van der Waals surface area contributed by atoms with E-state index in [0.29, 0.717) is 31.1 Å². The van der Waals surface area contributed by atoms with E-state index in [4.69, 9.17) is 21.1 Å². The predicted octanol–water partition coefficient (Wildman–Crippen LogP) is 3.26. The topological polar surface area (TPSA) is 55.8 Å². The van der Waals surface area contributed by atoms with Crippen molar-refractivity contribution >= 4 is 21.6 Å². The second-order valence-corrected chi connectivity index (χ2v) is 8.64. The molecule has 2 aliphatic rings. The monoisotopic (exact) mass is 393 g/mol. The lowest BCUT2D eigenvalue weighted by atomic mass is 10.0. The van der Waals surface area contributed by atoms with E-state index in [2.05, 4.69) is 0 Å². The third-order valence-corrected chi connectivity index (χ3v) is 7.05. The van der Waals surface area contributed by atoms with E-state index in [9.17, 15) is 8.42 Å². The van der Waals surface area contributed by atoms with Crippen LogP contribution in [0.25, 0.3) is 0 Å². The van der Waals surface area contributed by atoms with E-state index in [1.54, 1.807) is 18.2 Å². The molecule has 26 heavy (non-hydrogen) atoms. The van der Waals surface area contributed by atoms with E-state index in [-0.39, 0.29) is 17.5 Å². The molecule has 1 atom stereocenters. The summed E-state index contributed by atoms with van der Waals surface area (Å²) in [6.45, 7) is 0.990. The fraction of sp³-hybridized carbons (Fsp3) is 0.368. The first-order chi connectivity index (χ1) is 12.6. The first-order valence-corrected chi connectivity index (χ1v) is 10.6. The average Bonchev–Trinajstić information content (AvgIpc) is 3.14. The maximum absolute atomic E-state index is 13.4. The van der Waals surface area contributed by atoms with Crippen molar-refractivity contribution in [3.05, 3.63) is 65.7 Å². The second kappa shape index (κ2) is 6.94. The lowest BCUT2D eigenvalue weighted by Gasteiger charge is -2.42. The standard InChI is InChI=1S/C19H20ClNO4S/c20-11-10-17(15-6-2-1-3-7-15)21-14-19(24-12-13-25-19)16-8-4-5-9-18(16)26(21,22)23/h1-9,17H,10-14H2. The molecule has 0 N–H and O–H groups in total. The number of rotatable bonds is 4. The quantitative estimate of drug-likeness (QED) is 0.748. The first-order valence-electron chi connectivity index (χ1n) is 8.59. The fourth-order valence-corrected chi connectivity index (χ4v) is 5.86. The van der Waals surface area contributed by atoms with Crippen molar-refractivity contribution in [1.29, 1.82) is 0 Å². The number of hydrogen-bond acceptors (Lipinski definition) is 4. The maximum atomic E-state index is 13.4. The Balaban J connectivity index is 1.86. The van der Waals surface area contributed by atoms with Gasteiger partial charge in [-0.15, -0.1) is 11.6 Å². The van der Waals surface area contributed by atoms with Crippen molar-refractivity contribution in [2.45, 2.75) is 23.1 Å². The zero-order valence-corrected chi connectivity index (χ0v) is 15.7. The lowest BCUT2D eigenvalue weighted by molar-refractivity contribution is -0.179. The number of alkyl halides is 1. The summed E-state index contributed by atoms with van der Waals surface area (Å²) < 4.78 is 40.2. The third-order valence-electron chi connectivity index (χ3n) is 4.92. The fourth-order valence-electron chi connectivity index (χ4n) is 3.74. The molecule has 2 heterocycles. The highest BCUT2D eigenvalue weighted by Gasteiger charge is 2.52. The van der Waals surface area contributed by atoms with Crippen LogP contribution >= 0.6 is 11.6 Å². The molecule has 0 aliphatic carbocycles. The molecule has 1 spiro atoms. The van der Waals surface area contributed by atoms with Gasteiger partial charge in [-0.2, -0.15) is 4.31 Å². The average molecular weight is 394 g/mol. The zero-order valence-electron chi connectivity index (χ0n) is 14.2. The minimum absolute atomic E-state index is 0.114. The van der Waals surface area contributed by atoms with Gasteiger partial charge >= 0.3 is 0 Å². The summed E-state index contributed by atoms with van der Waals surface area (Å²) in [7, 11) is -3.70. The minimum atomic E-state index is -3.70. The molecule has 1 unspecified atom stereocenters. The maximum Gasteiger partial charge on any atom is 0.244 e. The van der Waals surface area contributed by atoms with Gasteiger partial charge in [-0.3, -0.25) is 0 Å². The summed E-state index contributed by atoms with van der Waals surface area (Å²) in [6, 6.07) is 16.1. The molecule has 2 aromatic carbocycles. The molecule has 0 saturated carbocycles. The molecular weight excluding hydrogens is 374 g/mol. The summed E-state index contributed by atoms with van der Waals surface area (Å²) in [4.78, 5) is 0.239. The van der Waals surface area contributed by atoms with Crippen LogP contribution in [-0.2, 0) is 25.3 Å². The molecule has 0 bridgehead atoms. The third kappa shape index (κ3) is 2.86. The zero-order chi connectivity index (χ0) is 18.2. The molecule has 0 amide bonds. The highest BCUT2D eigenvalue weighted by atomic mass is 35.5. The summed E-state index contributed by atoms with van der Waals surface area (Å²) >= 11 is 6.03. The van der Waals surface area contributed by atoms with E-state index in [0.717, 1.165) is 5.56 Å². The Morgan fingerprint density at radius 2 is 1.69 bits per heavy atom. The van der Waals surface area contributed by atoms with Gasteiger partial charge in [-0.05, 0) is 18.1 Å². The van der Waals surface area contributed by atoms with Gasteiger partial charge in [-0.25, -0.2) is 8.42 Å². The van der Waals surface area contributed by atoms with Crippen molar-refractivity contribution in [3.8, 4) is 0 Å². The molecule has 4 rings (SSSR count). The molecule has 2 aliphatic heterocycles. The van der Waals surface area contributed by atoms with Gasteiger partial charge in [-0.1, -0.05) is 48.5 Å². The van der Waals surface area contributed by atoms with Crippen LogP contribution in [0.5, 0.6) is 0 Å². The molecule has 138 valence electrons. The molecule has 5 nitrogen and oxygen atoms in total. The Kier molecular flexibility index (Phi) is 4.79. The van der Waals surface area contributed by atoms with Crippen LogP contribution in [0.4, 0.5) is 0 Å². The van der Waals surface area contributed by atoms with Crippen LogP contribution < -0.4 is 0 Å². The molecule has 2 aromatic rings. The van der Waals surface area contributed by atoms with E-state index < -0.39 is 15.8 Å². The van der Waals surface area contributed by atoms with Crippen LogP contribution in [0.1, 0.15) is 23.6 Å². The Hall–Kier alpha value is -1.44. The van der Waals surface area contributed by atoms with Crippen LogP contribution in [-0.4, -0.2) is 38.4 Å². The van der Waals surface area contributed by atoms with Gasteiger partial charge in [0.25, 0.3) is 0 Å². The SMILES string of the molecule is O=S1(=O)c2ccccc2C2(CN1C(CCCl)c1ccccc1)OCCO2. The Labute approximate surface area is 158 Å². The molecular formula is C19H20ClNO4S. The van der Waals surface area contributed by atoms with Gasteiger partial charge in [0.15, 0.2) is 0 Å². The van der Waals surface area contributed by atoms with E-state index in [1.165, 1.54) is 4.31 Å². The van der Waals surface area contributed by atoms with E-state index >= 15 is 0 Å². The Morgan fingerprint density at radius 3 is 2.38 bits per heavy atom. The smallest absolute Gasteiger partial charge is 0.244 e. The van der Waals surface area contributed by atoms with Crippen molar-refractivity contribution in [1.82, 2.24) is 4.31 Å². The van der Waals surface area contributed by atoms with E-state index in [1.807, 2.05) is 36.4 Å². The molecule has 1 saturated heterocycles. The Bertz CT molecular complexity index is 881.